The Balaban J connectivity index is 1.69. The van der Waals surface area contributed by atoms with Crippen molar-refractivity contribution >= 4 is 0 Å². The summed E-state index contributed by atoms with van der Waals surface area (Å²) >= 11 is 0. The first-order chi connectivity index (χ1) is 11.8. The molecular weight excluding hydrogens is 296 g/mol. The molecule has 2 N–H and O–H groups in total. The molecule has 0 saturated carbocycles. The molecule has 0 amide bonds. The lowest BCUT2D eigenvalue weighted by atomic mass is 9.92. The maximum absolute atomic E-state index is 6.01. The van der Waals surface area contributed by atoms with E-state index < -0.39 is 0 Å². The summed E-state index contributed by atoms with van der Waals surface area (Å²) in [5.74, 6) is 1.15. The van der Waals surface area contributed by atoms with E-state index in [0.29, 0.717) is 13.2 Å². The fraction of sp³-hybridized carbons (Fsp3) is 0.190. The van der Waals surface area contributed by atoms with E-state index in [9.17, 15) is 0 Å². The highest BCUT2D eigenvalue weighted by Crippen LogP contribution is 2.24. The summed E-state index contributed by atoms with van der Waals surface area (Å²) in [4.78, 5) is 4.07. The minimum Gasteiger partial charge on any atom is -0.489 e. The van der Waals surface area contributed by atoms with Crippen LogP contribution < -0.4 is 10.5 Å². The molecule has 122 valence electrons. The summed E-state index contributed by atoms with van der Waals surface area (Å²) in [5.41, 5.74) is 9.63. The Morgan fingerprint density at radius 1 is 0.875 bits per heavy atom. The monoisotopic (exact) mass is 318 g/mol. The zero-order valence-corrected chi connectivity index (χ0v) is 13.6. The summed E-state index contributed by atoms with van der Waals surface area (Å²) < 4.78 is 5.93. The molecule has 3 rings (SSSR count). The summed E-state index contributed by atoms with van der Waals surface area (Å²) in [6.07, 6.45) is 4.55. The van der Waals surface area contributed by atoms with Crippen LogP contribution >= 0.6 is 0 Å². The molecule has 0 fully saturated rings. The highest BCUT2D eigenvalue weighted by atomic mass is 16.5. The van der Waals surface area contributed by atoms with Gasteiger partial charge in [0.2, 0.25) is 0 Å². The van der Waals surface area contributed by atoms with Crippen molar-refractivity contribution in [2.45, 2.75) is 18.9 Å². The number of hydrogen-bond acceptors (Lipinski definition) is 3. The van der Waals surface area contributed by atoms with E-state index in [-0.39, 0.29) is 5.92 Å². The van der Waals surface area contributed by atoms with Gasteiger partial charge < -0.3 is 10.5 Å². The van der Waals surface area contributed by atoms with Crippen molar-refractivity contribution in [2.75, 3.05) is 6.54 Å². The zero-order chi connectivity index (χ0) is 16.6. The number of pyridine rings is 1. The van der Waals surface area contributed by atoms with Crippen LogP contribution in [0.4, 0.5) is 0 Å². The SMILES string of the molecule is NCC(Cc1ccncc1)c1cccc(OCc2ccccc2)c1. The van der Waals surface area contributed by atoms with Crippen molar-refractivity contribution in [1.29, 1.82) is 0 Å². The van der Waals surface area contributed by atoms with Gasteiger partial charge in [0.25, 0.3) is 0 Å². The van der Waals surface area contributed by atoms with Gasteiger partial charge in [-0.15, -0.1) is 0 Å². The lowest BCUT2D eigenvalue weighted by Crippen LogP contribution is -2.15. The molecule has 1 aromatic heterocycles. The van der Waals surface area contributed by atoms with E-state index in [0.717, 1.165) is 17.7 Å². The summed E-state index contributed by atoms with van der Waals surface area (Å²) in [6.45, 7) is 1.17. The maximum atomic E-state index is 6.01. The molecule has 3 heteroatoms. The third-order valence-corrected chi connectivity index (χ3v) is 4.09. The van der Waals surface area contributed by atoms with Gasteiger partial charge in [0.1, 0.15) is 12.4 Å². The van der Waals surface area contributed by atoms with Gasteiger partial charge in [0.15, 0.2) is 0 Å². The molecule has 3 aromatic rings. The molecule has 1 unspecified atom stereocenters. The minimum atomic E-state index is 0.271. The second-order valence-electron chi connectivity index (χ2n) is 5.84. The van der Waals surface area contributed by atoms with Gasteiger partial charge in [-0.05, 0) is 53.9 Å². The molecule has 0 spiro atoms. The first-order valence-electron chi connectivity index (χ1n) is 8.21. The highest BCUT2D eigenvalue weighted by molar-refractivity contribution is 5.32. The van der Waals surface area contributed by atoms with Gasteiger partial charge in [0.05, 0.1) is 0 Å². The molecule has 0 aliphatic carbocycles. The Kier molecular flexibility index (Phi) is 5.59. The Hall–Kier alpha value is -2.65. The first kappa shape index (κ1) is 16.2. The molecule has 0 radical (unpaired) electrons. The van der Waals surface area contributed by atoms with Crippen LogP contribution in [0.3, 0.4) is 0 Å². The van der Waals surface area contributed by atoms with Gasteiger partial charge in [-0.25, -0.2) is 0 Å². The summed E-state index contributed by atoms with van der Waals surface area (Å²) in [6, 6.07) is 22.5. The van der Waals surface area contributed by atoms with Crippen LogP contribution in [-0.4, -0.2) is 11.5 Å². The number of rotatable bonds is 7. The number of aromatic nitrogens is 1. The number of nitrogens with zero attached hydrogens (tertiary/aromatic N) is 1. The van der Waals surface area contributed by atoms with Gasteiger partial charge in [-0.1, -0.05) is 42.5 Å². The van der Waals surface area contributed by atoms with E-state index in [4.69, 9.17) is 10.5 Å². The molecule has 2 aromatic carbocycles. The van der Waals surface area contributed by atoms with E-state index in [1.165, 1.54) is 11.1 Å². The smallest absolute Gasteiger partial charge is 0.120 e. The van der Waals surface area contributed by atoms with Crippen LogP contribution in [0.5, 0.6) is 5.75 Å². The Bertz CT molecular complexity index is 744. The van der Waals surface area contributed by atoms with Gasteiger partial charge in [-0.2, -0.15) is 0 Å². The zero-order valence-electron chi connectivity index (χ0n) is 13.6. The second-order valence-corrected chi connectivity index (χ2v) is 5.84. The fourth-order valence-electron chi connectivity index (χ4n) is 2.74. The summed E-state index contributed by atoms with van der Waals surface area (Å²) in [7, 11) is 0. The van der Waals surface area contributed by atoms with Crippen LogP contribution in [0.25, 0.3) is 0 Å². The van der Waals surface area contributed by atoms with E-state index >= 15 is 0 Å². The van der Waals surface area contributed by atoms with Crippen LogP contribution in [-0.2, 0) is 13.0 Å². The molecule has 0 aliphatic heterocycles. The van der Waals surface area contributed by atoms with E-state index in [1.807, 2.05) is 54.9 Å². The lowest BCUT2D eigenvalue weighted by molar-refractivity contribution is 0.305. The molecule has 0 aliphatic rings. The third kappa shape index (κ3) is 4.43. The standard InChI is InChI=1S/C21H22N2O/c22-15-20(13-17-9-11-23-12-10-17)19-7-4-8-21(14-19)24-16-18-5-2-1-3-6-18/h1-12,14,20H,13,15-16,22H2. The van der Waals surface area contributed by atoms with Crippen LogP contribution in [0.15, 0.2) is 79.1 Å². The van der Waals surface area contributed by atoms with Crippen molar-refractivity contribution < 1.29 is 4.74 Å². The molecule has 0 bridgehead atoms. The molecule has 24 heavy (non-hydrogen) atoms. The number of hydrogen-bond donors (Lipinski definition) is 1. The molecular formula is C21H22N2O. The number of benzene rings is 2. The van der Waals surface area contributed by atoms with Crippen molar-refractivity contribution in [3.8, 4) is 5.75 Å². The van der Waals surface area contributed by atoms with Crippen LogP contribution in [0.2, 0.25) is 0 Å². The van der Waals surface area contributed by atoms with Crippen LogP contribution in [0, 0.1) is 0 Å². The van der Waals surface area contributed by atoms with E-state index in [1.54, 1.807) is 0 Å². The predicted molar refractivity (Wildman–Crippen MR) is 97.0 cm³/mol. The lowest BCUT2D eigenvalue weighted by Gasteiger charge is -2.16. The number of nitrogens with two attached hydrogens (primary N) is 1. The molecule has 0 saturated heterocycles. The average Bonchev–Trinajstić information content (AvgIpc) is 2.66. The van der Waals surface area contributed by atoms with Crippen molar-refractivity contribution in [3.05, 3.63) is 95.8 Å². The third-order valence-electron chi connectivity index (χ3n) is 4.09. The Morgan fingerprint density at radius 3 is 2.42 bits per heavy atom. The van der Waals surface area contributed by atoms with Crippen molar-refractivity contribution in [1.82, 2.24) is 4.98 Å². The van der Waals surface area contributed by atoms with Gasteiger partial charge in [0, 0.05) is 18.3 Å². The van der Waals surface area contributed by atoms with Gasteiger partial charge in [-0.3, -0.25) is 4.98 Å². The normalized spacial score (nSPS) is 11.9. The largest absolute Gasteiger partial charge is 0.489 e. The quantitative estimate of drug-likeness (QED) is 0.717. The molecule has 3 nitrogen and oxygen atoms in total. The Morgan fingerprint density at radius 2 is 1.67 bits per heavy atom. The molecule has 1 atom stereocenters. The van der Waals surface area contributed by atoms with Gasteiger partial charge >= 0.3 is 0 Å². The summed E-state index contributed by atoms with van der Waals surface area (Å²) in [5, 5.41) is 0. The van der Waals surface area contributed by atoms with Crippen molar-refractivity contribution in [2.24, 2.45) is 5.73 Å². The topological polar surface area (TPSA) is 48.1 Å². The predicted octanol–water partition coefficient (Wildman–Crippen LogP) is 3.95. The maximum Gasteiger partial charge on any atom is 0.120 e. The van der Waals surface area contributed by atoms with Crippen molar-refractivity contribution in [3.63, 3.8) is 0 Å². The van der Waals surface area contributed by atoms with Crippen LogP contribution in [0.1, 0.15) is 22.6 Å². The highest BCUT2D eigenvalue weighted by Gasteiger charge is 2.11. The Labute approximate surface area is 143 Å². The minimum absolute atomic E-state index is 0.271. The molecule has 1 heterocycles. The average molecular weight is 318 g/mol. The fourth-order valence-corrected chi connectivity index (χ4v) is 2.74. The first-order valence-corrected chi connectivity index (χ1v) is 8.21. The van der Waals surface area contributed by atoms with E-state index in [2.05, 4.69) is 29.2 Å². The second kappa shape index (κ2) is 8.27. The number of ether oxygens (including phenoxy) is 1.